The van der Waals surface area contributed by atoms with Crippen LogP contribution < -0.4 is 10.6 Å². The number of amides is 2. The van der Waals surface area contributed by atoms with Gasteiger partial charge in [-0.25, -0.2) is 4.79 Å². The Morgan fingerprint density at radius 1 is 1.30 bits per heavy atom. The van der Waals surface area contributed by atoms with E-state index in [1.165, 1.54) is 11.1 Å². The number of hydrogen-bond donors (Lipinski definition) is 3. The molecule has 20 heavy (non-hydrogen) atoms. The van der Waals surface area contributed by atoms with E-state index in [0.29, 0.717) is 6.54 Å². The summed E-state index contributed by atoms with van der Waals surface area (Å²) < 4.78 is 0. The molecule has 0 bridgehead atoms. The molecule has 1 unspecified atom stereocenters. The maximum atomic E-state index is 12.0. The van der Waals surface area contributed by atoms with Gasteiger partial charge in [0.1, 0.15) is 0 Å². The second-order valence-corrected chi connectivity index (χ2v) is 6.05. The molecule has 2 amide bonds. The quantitative estimate of drug-likeness (QED) is 0.792. The van der Waals surface area contributed by atoms with Gasteiger partial charge in [-0.2, -0.15) is 0 Å². The molecule has 1 aromatic rings. The lowest BCUT2D eigenvalue weighted by Crippen LogP contribution is -2.45. The average molecular weight is 274 g/mol. The van der Waals surface area contributed by atoms with Crippen LogP contribution in [-0.2, 0) is 6.42 Å². The molecule has 108 valence electrons. The molecule has 0 radical (unpaired) electrons. The second-order valence-electron chi connectivity index (χ2n) is 6.05. The van der Waals surface area contributed by atoms with E-state index >= 15 is 0 Å². The molecule has 2 aliphatic carbocycles. The van der Waals surface area contributed by atoms with E-state index in [2.05, 4.69) is 22.8 Å². The zero-order chi connectivity index (χ0) is 14.0. The van der Waals surface area contributed by atoms with Gasteiger partial charge in [-0.05, 0) is 36.8 Å². The summed E-state index contributed by atoms with van der Waals surface area (Å²) in [5.74, 6) is 0. The van der Waals surface area contributed by atoms with E-state index in [9.17, 15) is 9.90 Å². The number of carbonyl (C=O) groups excluding carboxylic acids is 1. The Hall–Kier alpha value is -1.55. The zero-order valence-corrected chi connectivity index (χ0v) is 11.7. The lowest BCUT2D eigenvalue weighted by molar-refractivity contribution is 0.0500. The minimum atomic E-state index is -0.690. The molecule has 4 heteroatoms. The third-order valence-electron chi connectivity index (χ3n) is 4.55. The molecule has 1 fully saturated rings. The number of aliphatic hydroxyl groups is 1. The molecular formula is C16H22N2O2. The van der Waals surface area contributed by atoms with Crippen molar-refractivity contribution in [3.8, 4) is 0 Å². The summed E-state index contributed by atoms with van der Waals surface area (Å²) in [5, 5.41) is 16.1. The SMILES string of the molecule is O=C(NCC1(O)CCCC1)NC1CCc2ccccc21. The summed E-state index contributed by atoms with van der Waals surface area (Å²) in [6.07, 6.45) is 5.66. The van der Waals surface area contributed by atoms with E-state index in [1.807, 2.05) is 12.1 Å². The fraction of sp³-hybridized carbons (Fsp3) is 0.562. The van der Waals surface area contributed by atoms with E-state index in [4.69, 9.17) is 0 Å². The van der Waals surface area contributed by atoms with Gasteiger partial charge < -0.3 is 15.7 Å². The third kappa shape index (κ3) is 2.80. The molecule has 1 saturated carbocycles. The van der Waals surface area contributed by atoms with Gasteiger partial charge in [-0.15, -0.1) is 0 Å². The molecule has 1 aromatic carbocycles. The molecular weight excluding hydrogens is 252 g/mol. The maximum Gasteiger partial charge on any atom is 0.315 e. The van der Waals surface area contributed by atoms with Crippen LogP contribution in [0.15, 0.2) is 24.3 Å². The molecule has 3 rings (SSSR count). The zero-order valence-electron chi connectivity index (χ0n) is 11.7. The first-order chi connectivity index (χ1) is 9.66. The fourth-order valence-corrected chi connectivity index (χ4v) is 3.37. The van der Waals surface area contributed by atoms with E-state index in [0.717, 1.165) is 38.5 Å². The first-order valence-electron chi connectivity index (χ1n) is 7.51. The van der Waals surface area contributed by atoms with Crippen LogP contribution in [0.25, 0.3) is 0 Å². The van der Waals surface area contributed by atoms with Crippen LogP contribution in [0.2, 0.25) is 0 Å². The number of aryl methyl sites for hydroxylation is 1. The lowest BCUT2D eigenvalue weighted by atomic mass is 10.0. The van der Waals surface area contributed by atoms with Gasteiger partial charge in [0.15, 0.2) is 0 Å². The van der Waals surface area contributed by atoms with E-state index < -0.39 is 5.60 Å². The van der Waals surface area contributed by atoms with Gasteiger partial charge in [0.05, 0.1) is 11.6 Å². The lowest BCUT2D eigenvalue weighted by Gasteiger charge is -2.23. The summed E-state index contributed by atoms with van der Waals surface area (Å²) in [6, 6.07) is 8.18. The third-order valence-corrected chi connectivity index (χ3v) is 4.55. The first kappa shape index (κ1) is 13.4. The van der Waals surface area contributed by atoms with Gasteiger partial charge in [0, 0.05) is 6.54 Å². The number of nitrogens with one attached hydrogen (secondary N) is 2. The second kappa shape index (κ2) is 5.44. The average Bonchev–Trinajstić information content (AvgIpc) is 3.05. The predicted molar refractivity (Wildman–Crippen MR) is 77.5 cm³/mol. The molecule has 2 aliphatic rings. The van der Waals surface area contributed by atoms with E-state index in [1.54, 1.807) is 0 Å². The Morgan fingerprint density at radius 3 is 2.85 bits per heavy atom. The number of hydrogen-bond acceptors (Lipinski definition) is 2. The van der Waals surface area contributed by atoms with Crippen LogP contribution in [0.5, 0.6) is 0 Å². The van der Waals surface area contributed by atoms with Gasteiger partial charge in [0.2, 0.25) is 0 Å². The summed E-state index contributed by atoms with van der Waals surface area (Å²) >= 11 is 0. The molecule has 0 aliphatic heterocycles. The van der Waals surface area contributed by atoms with Crippen molar-refractivity contribution in [1.82, 2.24) is 10.6 Å². The van der Waals surface area contributed by atoms with Crippen molar-refractivity contribution in [2.45, 2.75) is 50.2 Å². The highest BCUT2D eigenvalue weighted by molar-refractivity contribution is 5.74. The number of carbonyl (C=O) groups is 1. The topological polar surface area (TPSA) is 61.4 Å². The molecule has 3 N–H and O–H groups in total. The molecule has 0 heterocycles. The van der Waals surface area contributed by atoms with Gasteiger partial charge in [-0.3, -0.25) is 0 Å². The highest BCUT2D eigenvalue weighted by Gasteiger charge is 2.31. The Labute approximate surface area is 119 Å². The minimum Gasteiger partial charge on any atom is -0.388 e. The van der Waals surface area contributed by atoms with Crippen LogP contribution in [0.3, 0.4) is 0 Å². The summed E-state index contributed by atoms with van der Waals surface area (Å²) in [7, 11) is 0. The standard InChI is InChI=1S/C16H22N2O2/c19-15(17-11-16(20)9-3-4-10-16)18-14-8-7-12-5-1-2-6-13(12)14/h1-2,5-6,14,20H,3-4,7-11H2,(H2,17,18,19). The molecule has 0 saturated heterocycles. The number of fused-ring (bicyclic) bond motifs is 1. The Bertz CT molecular complexity index is 495. The van der Waals surface area contributed by atoms with Crippen LogP contribution in [-0.4, -0.2) is 23.3 Å². The maximum absolute atomic E-state index is 12.0. The molecule has 0 spiro atoms. The Kier molecular flexibility index (Phi) is 3.66. The van der Waals surface area contributed by atoms with Crippen LogP contribution >= 0.6 is 0 Å². The number of rotatable bonds is 3. The van der Waals surface area contributed by atoms with E-state index in [-0.39, 0.29) is 12.1 Å². The van der Waals surface area contributed by atoms with Crippen LogP contribution in [0.1, 0.15) is 49.3 Å². The van der Waals surface area contributed by atoms with Gasteiger partial charge >= 0.3 is 6.03 Å². The van der Waals surface area contributed by atoms with Crippen molar-refractivity contribution in [3.05, 3.63) is 35.4 Å². The molecule has 4 nitrogen and oxygen atoms in total. The summed E-state index contributed by atoms with van der Waals surface area (Å²) in [5.41, 5.74) is 1.86. The van der Waals surface area contributed by atoms with Crippen LogP contribution in [0.4, 0.5) is 4.79 Å². The van der Waals surface area contributed by atoms with Crippen molar-refractivity contribution >= 4 is 6.03 Å². The first-order valence-corrected chi connectivity index (χ1v) is 7.51. The normalized spacial score (nSPS) is 23.4. The Balaban J connectivity index is 1.53. The predicted octanol–water partition coefficient (Wildman–Crippen LogP) is 2.28. The summed E-state index contributed by atoms with van der Waals surface area (Å²) in [4.78, 5) is 12.0. The fourth-order valence-electron chi connectivity index (χ4n) is 3.37. The smallest absolute Gasteiger partial charge is 0.315 e. The summed E-state index contributed by atoms with van der Waals surface area (Å²) in [6.45, 7) is 0.354. The number of urea groups is 1. The van der Waals surface area contributed by atoms with Gasteiger partial charge in [-0.1, -0.05) is 37.1 Å². The Morgan fingerprint density at radius 2 is 2.05 bits per heavy atom. The van der Waals surface area contributed by atoms with Crippen molar-refractivity contribution in [1.29, 1.82) is 0 Å². The minimum absolute atomic E-state index is 0.101. The van der Waals surface area contributed by atoms with Crippen molar-refractivity contribution < 1.29 is 9.90 Å². The highest BCUT2D eigenvalue weighted by atomic mass is 16.3. The highest BCUT2D eigenvalue weighted by Crippen LogP contribution is 2.31. The largest absolute Gasteiger partial charge is 0.388 e. The van der Waals surface area contributed by atoms with Crippen LogP contribution in [0, 0.1) is 0 Å². The molecule has 1 atom stereocenters. The molecule has 0 aromatic heterocycles. The number of benzene rings is 1. The van der Waals surface area contributed by atoms with Crippen molar-refractivity contribution in [2.75, 3.05) is 6.54 Å². The van der Waals surface area contributed by atoms with Crippen molar-refractivity contribution in [3.63, 3.8) is 0 Å². The van der Waals surface area contributed by atoms with Gasteiger partial charge in [0.25, 0.3) is 0 Å². The van der Waals surface area contributed by atoms with Crippen molar-refractivity contribution in [2.24, 2.45) is 0 Å². The monoisotopic (exact) mass is 274 g/mol.